The van der Waals surface area contributed by atoms with Crippen LogP contribution in [0.1, 0.15) is 53.7 Å². The first-order chi connectivity index (χ1) is 27.3. The third-order valence-electron chi connectivity index (χ3n) is 10.2. The van der Waals surface area contributed by atoms with Gasteiger partial charge in [0, 0.05) is 22.6 Å². The third-order valence-corrected chi connectivity index (χ3v) is 17.4. The summed E-state index contributed by atoms with van der Waals surface area (Å²) in [6.07, 6.45) is -3.79. The molecule has 58 heavy (non-hydrogen) atoms. The van der Waals surface area contributed by atoms with Gasteiger partial charge in [0.1, 0.15) is 30.5 Å². The van der Waals surface area contributed by atoms with Crippen LogP contribution in [0.15, 0.2) is 29.7 Å². The van der Waals surface area contributed by atoms with Crippen molar-refractivity contribution in [3.63, 3.8) is 0 Å². The predicted octanol–water partition coefficient (Wildman–Crippen LogP) is 4.21. The standard InChI is InChI=1S/C33H48FN9O11P2SSi/c1-18(2)29(45)41-32-40-28-24(30(46)42-32)38-17-43(28)31-27(26(21(14-44)51-31)54-58(6,7)33(3,4)5)53-56(57,49-12-8-10-35)50-15-19-13-20(23(34)25(19)52-55(47)48)39-22-9-11-36-16-37-22/h9,11,16-21,23,25-27,31,44H,8,12-15H2,1-7H3,(H3-,36,37,39,40,41,42,45,46,47,48)/p+1/t19-,20-,21-,23+,25-,26-,27-,31-,56-/m1/s1. The van der Waals surface area contributed by atoms with E-state index in [9.17, 15) is 29.4 Å². The Morgan fingerprint density at radius 2 is 2.02 bits per heavy atom. The fourth-order valence-electron chi connectivity index (χ4n) is 6.12. The van der Waals surface area contributed by atoms with Crippen LogP contribution in [0.4, 0.5) is 16.2 Å². The molecule has 0 bridgehead atoms. The lowest BCUT2D eigenvalue weighted by atomic mass is 10.1. The Morgan fingerprint density at radius 1 is 1.28 bits per heavy atom. The number of aromatic nitrogens is 6. The number of aromatic amines is 1. The van der Waals surface area contributed by atoms with Gasteiger partial charge < -0.3 is 28.6 Å². The number of nitriles is 1. The minimum absolute atomic E-state index is 0.00836. The SMILES string of the molecule is CC(C)C(=O)Nc1nc2c(ncn2[C@@H]2O[C@H](CO)[C@@H](O[Si](C)(C)C(C)(C)C)[C@H]2O[P@@](=S)(OCCC#N)OC[C@H]2C[C@@H](Nc3ccncn3)[C@H](F)[C@@H]2O[P+](=O)O)c(=O)[nH]1. The number of aliphatic hydroxyl groups excluding tert-OH is 1. The Kier molecular flexibility index (Phi) is 15.0. The highest BCUT2D eigenvalue weighted by Gasteiger charge is 2.55. The molecule has 1 saturated heterocycles. The number of halogens is 1. The van der Waals surface area contributed by atoms with Crippen LogP contribution in [-0.4, -0.2) is 110 Å². The first-order valence-corrected chi connectivity index (χ1v) is 25.0. The van der Waals surface area contributed by atoms with E-state index >= 15 is 4.39 Å². The molecule has 3 aromatic heterocycles. The van der Waals surface area contributed by atoms with Crippen LogP contribution in [0.5, 0.6) is 0 Å². The number of fused-ring (bicyclic) bond motifs is 1. The number of aliphatic hydroxyl groups is 1. The van der Waals surface area contributed by atoms with E-state index in [-0.39, 0.29) is 48.2 Å². The lowest BCUT2D eigenvalue weighted by molar-refractivity contribution is -0.118. The number of rotatable bonds is 18. The van der Waals surface area contributed by atoms with E-state index in [1.165, 1.54) is 29.5 Å². The number of carbonyl (C=O) groups is 1. The Morgan fingerprint density at radius 3 is 2.64 bits per heavy atom. The summed E-state index contributed by atoms with van der Waals surface area (Å²) in [6, 6.07) is 2.60. The van der Waals surface area contributed by atoms with Crippen LogP contribution in [-0.2, 0) is 48.4 Å². The molecule has 1 saturated carbocycles. The first kappa shape index (κ1) is 45.8. The van der Waals surface area contributed by atoms with Gasteiger partial charge in [-0.3, -0.25) is 29.0 Å². The number of ether oxygens (including phenoxy) is 1. The van der Waals surface area contributed by atoms with Crippen molar-refractivity contribution in [2.24, 2.45) is 11.8 Å². The number of hydrogen-bond donors (Lipinski definition) is 5. The van der Waals surface area contributed by atoms with Gasteiger partial charge in [0.05, 0.1) is 44.7 Å². The smallest absolute Gasteiger partial charge is 0.408 e. The van der Waals surface area contributed by atoms with Crippen molar-refractivity contribution in [2.75, 3.05) is 30.5 Å². The maximum Gasteiger partial charge on any atom is 0.695 e. The molecule has 0 aromatic carbocycles. The minimum Gasteiger partial charge on any atom is -0.408 e. The van der Waals surface area contributed by atoms with Crippen molar-refractivity contribution in [3.8, 4) is 6.07 Å². The molecule has 1 aliphatic carbocycles. The number of nitrogens with zero attached hydrogens (tertiary/aromatic N) is 6. The summed E-state index contributed by atoms with van der Waals surface area (Å²) >= 11 is 5.97. The quantitative estimate of drug-likeness (QED) is 0.0680. The number of nitrogens with one attached hydrogen (secondary N) is 3. The van der Waals surface area contributed by atoms with Gasteiger partial charge >= 0.3 is 15.0 Å². The second-order valence-electron chi connectivity index (χ2n) is 15.6. The van der Waals surface area contributed by atoms with E-state index in [0.717, 1.165) is 0 Å². The van der Waals surface area contributed by atoms with Gasteiger partial charge in [0.25, 0.3) is 5.56 Å². The molecule has 0 spiro atoms. The molecule has 2 aliphatic rings. The van der Waals surface area contributed by atoms with E-state index < -0.39 is 96.1 Å². The Hall–Kier alpha value is -3.23. The fraction of sp³-hybridized carbons (Fsp3) is 0.667. The second-order valence-corrected chi connectivity index (χ2v) is 24.0. The molecule has 3 aromatic rings. The lowest BCUT2D eigenvalue weighted by Gasteiger charge is -2.41. The summed E-state index contributed by atoms with van der Waals surface area (Å²) in [7, 11) is -5.92. The molecule has 5 rings (SSSR count). The second kappa shape index (κ2) is 19.0. The Labute approximate surface area is 340 Å². The number of amides is 1. The maximum absolute atomic E-state index is 15.9. The van der Waals surface area contributed by atoms with E-state index in [2.05, 4.69) is 35.6 Å². The zero-order valence-corrected chi connectivity index (χ0v) is 36.6. The van der Waals surface area contributed by atoms with Crippen LogP contribution in [0, 0.1) is 23.2 Å². The molecule has 2 fully saturated rings. The molecule has 1 aliphatic heterocycles. The van der Waals surface area contributed by atoms with Crippen LogP contribution in [0.2, 0.25) is 18.1 Å². The topological polar surface area (TPSA) is 267 Å². The fourth-order valence-corrected chi connectivity index (χ4v) is 10.0. The number of H-pyrrole nitrogens is 1. The molecule has 10 atom stereocenters. The normalized spacial score (nSPS) is 26.4. The summed E-state index contributed by atoms with van der Waals surface area (Å²) in [4.78, 5) is 54.5. The van der Waals surface area contributed by atoms with Gasteiger partial charge in [-0.15, -0.1) is 9.42 Å². The molecule has 25 heteroatoms. The lowest BCUT2D eigenvalue weighted by Crippen LogP contribution is -2.50. The third kappa shape index (κ3) is 10.7. The summed E-state index contributed by atoms with van der Waals surface area (Å²) in [5, 5.41) is 25.3. The first-order valence-electron chi connectivity index (χ1n) is 18.4. The highest BCUT2D eigenvalue weighted by Crippen LogP contribution is 2.56. The molecule has 1 unspecified atom stereocenters. The number of imidazole rings is 1. The van der Waals surface area contributed by atoms with Crippen LogP contribution >= 0.6 is 15.0 Å². The average Bonchev–Trinajstić information content (AvgIpc) is 3.80. The molecule has 5 N–H and O–H groups in total. The number of hydrogen-bond acceptors (Lipinski definition) is 17. The van der Waals surface area contributed by atoms with E-state index in [1.54, 1.807) is 13.8 Å². The van der Waals surface area contributed by atoms with Crippen LogP contribution in [0.3, 0.4) is 0 Å². The largest absolute Gasteiger partial charge is 0.695 e. The summed E-state index contributed by atoms with van der Waals surface area (Å²) in [6.45, 7) is 8.22. The van der Waals surface area contributed by atoms with Gasteiger partial charge in [-0.1, -0.05) is 34.6 Å². The van der Waals surface area contributed by atoms with Crippen molar-refractivity contribution in [3.05, 3.63) is 35.3 Å². The maximum atomic E-state index is 15.9. The molecule has 20 nitrogen and oxygen atoms in total. The molecule has 318 valence electrons. The molecule has 0 radical (unpaired) electrons. The molecule has 1 amide bonds. The highest BCUT2D eigenvalue weighted by molar-refractivity contribution is 8.07. The van der Waals surface area contributed by atoms with Gasteiger partial charge in [0.15, 0.2) is 38.0 Å². The van der Waals surface area contributed by atoms with Crippen molar-refractivity contribution in [1.29, 1.82) is 5.26 Å². The van der Waals surface area contributed by atoms with Crippen molar-refractivity contribution in [1.82, 2.24) is 29.5 Å². The van der Waals surface area contributed by atoms with Gasteiger partial charge in [-0.25, -0.2) is 19.3 Å². The van der Waals surface area contributed by atoms with Crippen molar-refractivity contribution >= 4 is 63.9 Å². The molecular weight excluding hydrogens is 840 g/mol. The van der Waals surface area contributed by atoms with Gasteiger partial charge in [-0.05, 0) is 42.4 Å². The summed E-state index contributed by atoms with van der Waals surface area (Å²) in [5.41, 5.74) is -0.762. The zero-order chi connectivity index (χ0) is 42.6. The molecule has 4 heterocycles. The number of alkyl halides is 1. The number of anilines is 2. The van der Waals surface area contributed by atoms with Gasteiger partial charge in [0.2, 0.25) is 11.9 Å². The summed E-state index contributed by atoms with van der Waals surface area (Å²) in [5.74, 6) is -1.52. The van der Waals surface area contributed by atoms with E-state index in [0.29, 0.717) is 5.82 Å². The molecular formula is C33H49FN9O11P2SSi+. The van der Waals surface area contributed by atoms with E-state index in [1.807, 2.05) is 39.9 Å². The average molecular weight is 889 g/mol. The van der Waals surface area contributed by atoms with Crippen LogP contribution in [0.25, 0.3) is 11.2 Å². The minimum atomic E-state index is -4.02. The van der Waals surface area contributed by atoms with Crippen LogP contribution < -0.4 is 16.2 Å². The highest BCUT2D eigenvalue weighted by atomic mass is 32.5. The zero-order valence-electron chi connectivity index (χ0n) is 33.0. The van der Waals surface area contributed by atoms with Crippen molar-refractivity contribution < 1.29 is 51.0 Å². The monoisotopic (exact) mass is 888 g/mol. The van der Waals surface area contributed by atoms with Gasteiger partial charge in [-0.2, -0.15) is 10.2 Å². The Bertz CT molecular complexity index is 2070. The number of carbonyl (C=O) groups excluding carboxylic acids is 1. The summed E-state index contributed by atoms with van der Waals surface area (Å²) < 4.78 is 66.4. The van der Waals surface area contributed by atoms with Crippen molar-refractivity contribution in [2.45, 2.75) is 108 Å². The van der Waals surface area contributed by atoms with E-state index in [4.69, 9.17) is 39.1 Å². The predicted molar refractivity (Wildman–Crippen MR) is 213 cm³/mol. The Balaban J connectivity index is 1.53.